The Kier molecular flexibility index (Phi) is 5.37. The van der Waals surface area contributed by atoms with Crippen molar-refractivity contribution in [2.24, 2.45) is 5.73 Å². The molecule has 1 aromatic rings. The number of benzene rings is 1. The lowest BCUT2D eigenvalue weighted by atomic mass is 10.0. The summed E-state index contributed by atoms with van der Waals surface area (Å²) in [6, 6.07) is 8.57. The first kappa shape index (κ1) is 12.2. The lowest BCUT2D eigenvalue weighted by Gasteiger charge is -2.06. The van der Waals surface area contributed by atoms with Gasteiger partial charge in [0.2, 0.25) is 0 Å². The molecule has 84 valence electrons. The zero-order chi connectivity index (χ0) is 11.1. The average Bonchev–Trinajstić information content (AvgIpc) is 2.24. The molecule has 0 bridgehead atoms. The predicted molar refractivity (Wildman–Crippen MR) is 63.8 cm³/mol. The first-order valence-electron chi connectivity index (χ1n) is 5.68. The summed E-state index contributed by atoms with van der Waals surface area (Å²) in [5.41, 5.74) is 8.14. The van der Waals surface area contributed by atoms with Crippen LogP contribution in [-0.4, -0.2) is 17.8 Å². The number of rotatable bonds is 6. The molecule has 2 nitrogen and oxygen atoms in total. The van der Waals surface area contributed by atoms with Gasteiger partial charge in [-0.1, -0.05) is 24.3 Å². The van der Waals surface area contributed by atoms with Gasteiger partial charge in [-0.15, -0.1) is 0 Å². The van der Waals surface area contributed by atoms with Crippen molar-refractivity contribution in [3.05, 3.63) is 35.4 Å². The van der Waals surface area contributed by atoms with E-state index < -0.39 is 0 Å². The minimum atomic E-state index is -0.210. The van der Waals surface area contributed by atoms with E-state index in [4.69, 9.17) is 5.73 Å². The third kappa shape index (κ3) is 4.96. The second kappa shape index (κ2) is 6.59. The molecule has 0 spiro atoms. The Labute approximate surface area is 92.1 Å². The van der Waals surface area contributed by atoms with Crippen molar-refractivity contribution < 1.29 is 5.11 Å². The molecule has 0 fully saturated rings. The monoisotopic (exact) mass is 207 g/mol. The largest absolute Gasteiger partial charge is 0.393 e. The minimum absolute atomic E-state index is 0.210. The van der Waals surface area contributed by atoms with Crippen LogP contribution in [0.1, 0.15) is 30.9 Å². The van der Waals surface area contributed by atoms with Crippen LogP contribution in [0.4, 0.5) is 0 Å². The Bertz CT molecular complexity index is 284. The summed E-state index contributed by atoms with van der Waals surface area (Å²) in [7, 11) is 0. The van der Waals surface area contributed by atoms with Gasteiger partial charge in [0.15, 0.2) is 0 Å². The lowest BCUT2D eigenvalue weighted by Crippen LogP contribution is -2.02. The van der Waals surface area contributed by atoms with Crippen LogP contribution in [0.15, 0.2) is 24.3 Å². The molecule has 0 aliphatic rings. The van der Waals surface area contributed by atoms with Crippen molar-refractivity contribution in [3.8, 4) is 0 Å². The zero-order valence-electron chi connectivity index (χ0n) is 9.45. The third-order valence-corrected chi connectivity index (χ3v) is 2.51. The highest BCUT2D eigenvalue weighted by Gasteiger charge is 1.99. The van der Waals surface area contributed by atoms with Crippen molar-refractivity contribution >= 4 is 0 Å². The van der Waals surface area contributed by atoms with E-state index in [-0.39, 0.29) is 6.10 Å². The molecule has 2 heteroatoms. The molecule has 15 heavy (non-hydrogen) atoms. The van der Waals surface area contributed by atoms with Crippen LogP contribution in [0.5, 0.6) is 0 Å². The van der Waals surface area contributed by atoms with Gasteiger partial charge in [-0.05, 0) is 50.3 Å². The standard InChI is InChI=1S/C13H21NO/c1-11(15)7-8-13-5-2-4-12(10-13)6-3-9-14/h2,4-5,10-11,15H,3,6-9,14H2,1H3. The minimum Gasteiger partial charge on any atom is -0.393 e. The molecule has 1 atom stereocenters. The first-order valence-corrected chi connectivity index (χ1v) is 5.68. The maximum Gasteiger partial charge on any atom is 0.0515 e. The maximum absolute atomic E-state index is 9.21. The second-order valence-electron chi connectivity index (χ2n) is 4.10. The molecule has 0 saturated carbocycles. The molecule has 0 aliphatic carbocycles. The number of hydrogen-bond donors (Lipinski definition) is 2. The fourth-order valence-corrected chi connectivity index (χ4v) is 1.62. The number of aliphatic hydroxyl groups is 1. The highest BCUT2D eigenvalue weighted by atomic mass is 16.3. The maximum atomic E-state index is 9.21. The van der Waals surface area contributed by atoms with Crippen LogP contribution in [0, 0.1) is 0 Å². The van der Waals surface area contributed by atoms with E-state index in [1.165, 1.54) is 11.1 Å². The fourth-order valence-electron chi connectivity index (χ4n) is 1.62. The molecular weight excluding hydrogens is 186 g/mol. The number of nitrogens with two attached hydrogens (primary N) is 1. The lowest BCUT2D eigenvalue weighted by molar-refractivity contribution is 0.185. The van der Waals surface area contributed by atoms with Gasteiger partial charge in [0.1, 0.15) is 0 Å². The van der Waals surface area contributed by atoms with Crippen LogP contribution < -0.4 is 5.73 Å². The highest BCUT2D eigenvalue weighted by Crippen LogP contribution is 2.10. The topological polar surface area (TPSA) is 46.2 Å². The summed E-state index contributed by atoms with van der Waals surface area (Å²) in [4.78, 5) is 0. The van der Waals surface area contributed by atoms with Crippen LogP contribution in [-0.2, 0) is 12.8 Å². The molecule has 0 radical (unpaired) electrons. The predicted octanol–water partition coefficient (Wildman–Crippen LogP) is 1.89. The van der Waals surface area contributed by atoms with Crippen molar-refractivity contribution in [1.82, 2.24) is 0 Å². The Balaban J connectivity index is 2.50. The first-order chi connectivity index (χ1) is 7.22. The van der Waals surface area contributed by atoms with Crippen LogP contribution in [0.25, 0.3) is 0 Å². The van der Waals surface area contributed by atoms with E-state index in [9.17, 15) is 5.11 Å². The van der Waals surface area contributed by atoms with Crippen molar-refractivity contribution in [2.45, 2.75) is 38.7 Å². The second-order valence-corrected chi connectivity index (χ2v) is 4.10. The van der Waals surface area contributed by atoms with E-state index in [0.29, 0.717) is 0 Å². The van der Waals surface area contributed by atoms with Gasteiger partial charge in [0, 0.05) is 0 Å². The molecule has 0 saturated heterocycles. The molecule has 0 aliphatic heterocycles. The van der Waals surface area contributed by atoms with Crippen molar-refractivity contribution in [2.75, 3.05) is 6.54 Å². The molecule has 0 aromatic heterocycles. The van der Waals surface area contributed by atoms with E-state index in [0.717, 1.165) is 32.2 Å². The van der Waals surface area contributed by atoms with Crippen LogP contribution in [0.2, 0.25) is 0 Å². The third-order valence-electron chi connectivity index (χ3n) is 2.51. The van der Waals surface area contributed by atoms with Gasteiger partial charge in [-0.25, -0.2) is 0 Å². The Morgan fingerprint density at radius 1 is 1.27 bits per heavy atom. The van der Waals surface area contributed by atoms with E-state index in [2.05, 4.69) is 24.3 Å². The van der Waals surface area contributed by atoms with Gasteiger partial charge in [0.05, 0.1) is 6.10 Å². The van der Waals surface area contributed by atoms with E-state index >= 15 is 0 Å². The summed E-state index contributed by atoms with van der Waals surface area (Å²) < 4.78 is 0. The van der Waals surface area contributed by atoms with Gasteiger partial charge in [-0.2, -0.15) is 0 Å². The Morgan fingerprint density at radius 2 is 1.93 bits per heavy atom. The highest BCUT2D eigenvalue weighted by molar-refractivity contribution is 5.23. The number of aryl methyl sites for hydroxylation is 2. The number of hydrogen-bond acceptors (Lipinski definition) is 2. The van der Waals surface area contributed by atoms with Gasteiger partial charge in [-0.3, -0.25) is 0 Å². The van der Waals surface area contributed by atoms with Crippen LogP contribution >= 0.6 is 0 Å². The van der Waals surface area contributed by atoms with Gasteiger partial charge < -0.3 is 10.8 Å². The Hall–Kier alpha value is -0.860. The molecule has 0 heterocycles. The SMILES string of the molecule is CC(O)CCc1cccc(CCCN)c1. The Morgan fingerprint density at radius 3 is 2.53 bits per heavy atom. The van der Waals surface area contributed by atoms with E-state index in [1.54, 1.807) is 0 Å². The zero-order valence-corrected chi connectivity index (χ0v) is 9.45. The van der Waals surface area contributed by atoms with Crippen molar-refractivity contribution in [3.63, 3.8) is 0 Å². The van der Waals surface area contributed by atoms with Crippen LogP contribution in [0.3, 0.4) is 0 Å². The summed E-state index contributed by atoms with van der Waals surface area (Å²) in [5, 5.41) is 9.21. The quantitative estimate of drug-likeness (QED) is 0.748. The fraction of sp³-hybridized carbons (Fsp3) is 0.538. The normalized spacial score (nSPS) is 12.7. The smallest absolute Gasteiger partial charge is 0.0515 e. The van der Waals surface area contributed by atoms with E-state index in [1.807, 2.05) is 6.92 Å². The van der Waals surface area contributed by atoms with Gasteiger partial charge >= 0.3 is 0 Å². The van der Waals surface area contributed by atoms with Crippen molar-refractivity contribution in [1.29, 1.82) is 0 Å². The molecular formula is C13H21NO. The molecule has 0 amide bonds. The summed E-state index contributed by atoms with van der Waals surface area (Å²) >= 11 is 0. The molecule has 1 rings (SSSR count). The molecule has 1 aromatic carbocycles. The summed E-state index contributed by atoms with van der Waals surface area (Å²) in [6.45, 7) is 2.58. The molecule has 3 N–H and O–H groups in total. The summed E-state index contributed by atoms with van der Waals surface area (Å²) in [5.74, 6) is 0. The average molecular weight is 207 g/mol. The van der Waals surface area contributed by atoms with Gasteiger partial charge in [0.25, 0.3) is 0 Å². The summed E-state index contributed by atoms with van der Waals surface area (Å²) in [6.07, 6.45) is 3.67. The molecule has 1 unspecified atom stereocenters. The number of aliphatic hydroxyl groups excluding tert-OH is 1.